The Morgan fingerprint density at radius 3 is 2.35 bits per heavy atom. The maximum atomic E-state index is 12.1. The highest BCUT2D eigenvalue weighted by Gasteiger charge is 2.15. The topological polar surface area (TPSA) is 99.7 Å². The molecular weight excluding hydrogens is 356 g/mol. The standard InChI is InChI=1S/C17H16N4O4S/c1-20(2)13-5-3-12(4-6-13)18-19-14-9-11(10-26-14)17(24)25-21-15(22)7-8-16(21)23/h3-10,22-23H,1-2H3. The first kappa shape index (κ1) is 17.5. The van der Waals surface area contributed by atoms with E-state index in [9.17, 15) is 15.0 Å². The van der Waals surface area contributed by atoms with Gasteiger partial charge in [-0.15, -0.1) is 26.3 Å². The summed E-state index contributed by atoms with van der Waals surface area (Å²) in [6.07, 6.45) is 0. The molecule has 1 aromatic carbocycles. The number of carbonyl (C=O) groups is 1. The number of benzene rings is 1. The first-order chi connectivity index (χ1) is 12.4. The van der Waals surface area contributed by atoms with Gasteiger partial charge in [0, 0.05) is 37.3 Å². The number of thiophene rings is 1. The Balaban J connectivity index is 1.68. The summed E-state index contributed by atoms with van der Waals surface area (Å²) in [4.78, 5) is 19.0. The van der Waals surface area contributed by atoms with Crippen LogP contribution in [0.2, 0.25) is 0 Å². The van der Waals surface area contributed by atoms with Gasteiger partial charge in [0.1, 0.15) is 5.00 Å². The summed E-state index contributed by atoms with van der Waals surface area (Å²) in [5.74, 6) is -1.50. The van der Waals surface area contributed by atoms with E-state index >= 15 is 0 Å². The van der Waals surface area contributed by atoms with E-state index in [0.29, 0.717) is 15.4 Å². The van der Waals surface area contributed by atoms with Gasteiger partial charge in [-0.1, -0.05) is 0 Å². The van der Waals surface area contributed by atoms with E-state index in [0.717, 1.165) is 5.69 Å². The lowest BCUT2D eigenvalue weighted by atomic mass is 10.3. The Hall–Kier alpha value is -3.33. The molecule has 0 saturated heterocycles. The van der Waals surface area contributed by atoms with E-state index in [4.69, 9.17) is 4.84 Å². The summed E-state index contributed by atoms with van der Waals surface area (Å²) in [5.41, 5.74) is 1.98. The summed E-state index contributed by atoms with van der Waals surface area (Å²) in [7, 11) is 3.91. The maximum Gasteiger partial charge on any atom is 0.364 e. The maximum absolute atomic E-state index is 12.1. The van der Waals surface area contributed by atoms with Gasteiger partial charge in [0.2, 0.25) is 11.8 Å². The van der Waals surface area contributed by atoms with E-state index in [2.05, 4.69) is 10.2 Å². The average Bonchev–Trinajstić information content (AvgIpc) is 3.22. The molecule has 3 aromatic rings. The highest BCUT2D eigenvalue weighted by molar-refractivity contribution is 7.14. The Morgan fingerprint density at radius 2 is 1.73 bits per heavy atom. The van der Waals surface area contributed by atoms with Crippen LogP contribution >= 0.6 is 11.3 Å². The molecule has 0 bridgehead atoms. The minimum atomic E-state index is -0.736. The molecule has 0 spiro atoms. The molecule has 0 atom stereocenters. The lowest BCUT2D eigenvalue weighted by molar-refractivity contribution is 0.0382. The predicted molar refractivity (Wildman–Crippen MR) is 97.9 cm³/mol. The Kier molecular flexibility index (Phi) is 4.90. The van der Waals surface area contributed by atoms with Crippen molar-refractivity contribution in [1.82, 2.24) is 4.73 Å². The van der Waals surface area contributed by atoms with E-state index in [1.165, 1.54) is 29.5 Å². The van der Waals surface area contributed by atoms with Crippen LogP contribution in [0.3, 0.4) is 0 Å². The van der Waals surface area contributed by atoms with Crippen molar-refractivity contribution in [2.45, 2.75) is 0 Å². The minimum Gasteiger partial charge on any atom is -0.492 e. The molecule has 2 N–H and O–H groups in total. The number of carbonyl (C=O) groups excluding carboxylic acids is 1. The van der Waals surface area contributed by atoms with Crippen LogP contribution < -0.4 is 9.74 Å². The fourth-order valence-corrected chi connectivity index (χ4v) is 2.73. The molecule has 0 aliphatic carbocycles. The molecule has 0 aliphatic rings. The van der Waals surface area contributed by atoms with Crippen LogP contribution in [0.4, 0.5) is 16.4 Å². The number of azo groups is 1. The zero-order valence-corrected chi connectivity index (χ0v) is 14.8. The smallest absolute Gasteiger partial charge is 0.364 e. The predicted octanol–water partition coefficient (Wildman–Crippen LogP) is 3.71. The van der Waals surface area contributed by atoms with Gasteiger partial charge in [-0.25, -0.2) is 4.79 Å². The molecule has 8 nitrogen and oxygen atoms in total. The molecule has 2 aromatic heterocycles. The van der Waals surface area contributed by atoms with Crippen LogP contribution in [-0.2, 0) is 0 Å². The second-order valence-corrected chi connectivity index (χ2v) is 6.40. The molecule has 0 saturated carbocycles. The monoisotopic (exact) mass is 372 g/mol. The fourth-order valence-electron chi connectivity index (χ4n) is 2.04. The van der Waals surface area contributed by atoms with Crippen LogP contribution in [0, 0.1) is 0 Å². The van der Waals surface area contributed by atoms with Crippen molar-refractivity contribution in [3.63, 3.8) is 0 Å². The molecule has 2 heterocycles. The summed E-state index contributed by atoms with van der Waals surface area (Å²) in [6, 6.07) is 11.5. The Morgan fingerprint density at radius 1 is 1.08 bits per heavy atom. The van der Waals surface area contributed by atoms with Crippen LogP contribution in [-0.4, -0.2) is 35.0 Å². The molecule has 0 amide bonds. The number of aromatic nitrogens is 1. The summed E-state index contributed by atoms with van der Waals surface area (Å²) in [6.45, 7) is 0. The molecular formula is C17H16N4O4S. The van der Waals surface area contributed by atoms with Crippen molar-refractivity contribution in [1.29, 1.82) is 0 Å². The third-order valence-electron chi connectivity index (χ3n) is 3.42. The third-order valence-corrected chi connectivity index (χ3v) is 4.24. The first-order valence-electron chi connectivity index (χ1n) is 7.54. The van der Waals surface area contributed by atoms with Crippen molar-refractivity contribution < 1.29 is 19.8 Å². The van der Waals surface area contributed by atoms with Gasteiger partial charge in [-0.2, -0.15) is 0 Å². The van der Waals surface area contributed by atoms with Crippen molar-refractivity contribution >= 4 is 33.7 Å². The fraction of sp³-hybridized carbons (Fsp3) is 0.118. The van der Waals surface area contributed by atoms with Gasteiger partial charge >= 0.3 is 5.97 Å². The van der Waals surface area contributed by atoms with Crippen LogP contribution in [0.1, 0.15) is 10.4 Å². The normalized spacial score (nSPS) is 11.0. The second-order valence-electron chi connectivity index (χ2n) is 5.51. The van der Waals surface area contributed by atoms with Crippen LogP contribution in [0.5, 0.6) is 11.8 Å². The van der Waals surface area contributed by atoms with E-state index < -0.39 is 5.97 Å². The summed E-state index contributed by atoms with van der Waals surface area (Å²) < 4.78 is 0.632. The number of aromatic hydroxyl groups is 2. The summed E-state index contributed by atoms with van der Waals surface area (Å²) >= 11 is 1.22. The number of nitrogens with zero attached hydrogens (tertiary/aromatic N) is 4. The molecule has 0 aliphatic heterocycles. The molecule has 9 heteroatoms. The minimum absolute atomic E-state index is 0.236. The Bertz CT molecular complexity index is 925. The van der Waals surface area contributed by atoms with E-state index in [-0.39, 0.29) is 17.3 Å². The highest BCUT2D eigenvalue weighted by Crippen LogP contribution is 2.27. The van der Waals surface area contributed by atoms with Crippen LogP contribution in [0.25, 0.3) is 0 Å². The largest absolute Gasteiger partial charge is 0.492 e. The van der Waals surface area contributed by atoms with Gasteiger partial charge in [-0.05, 0) is 30.3 Å². The molecule has 0 unspecified atom stereocenters. The lowest BCUT2D eigenvalue weighted by Crippen LogP contribution is -2.18. The molecule has 3 rings (SSSR count). The van der Waals surface area contributed by atoms with E-state index in [1.807, 2.05) is 43.3 Å². The van der Waals surface area contributed by atoms with Gasteiger partial charge in [0.15, 0.2) is 0 Å². The third kappa shape index (κ3) is 3.83. The molecule has 0 fully saturated rings. The SMILES string of the molecule is CN(C)c1ccc(N=Nc2cc(C(=O)On3c(O)ccc3O)cs2)cc1. The van der Waals surface area contributed by atoms with Gasteiger partial charge < -0.3 is 20.0 Å². The number of anilines is 1. The lowest BCUT2D eigenvalue weighted by Gasteiger charge is -2.11. The summed E-state index contributed by atoms with van der Waals surface area (Å²) in [5, 5.41) is 29.3. The molecule has 134 valence electrons. The Labute approximate surface area is 153 Å². The van der Waals surface area contributed by atoms with Crippen molar-refractivity contribution in [3.8, 4) is 11.8 Å². The zero-order chi connectivity index (χ0) is 18.7. The van der Waals surface area contributed by atoms with Crippen molar-refractivity contribution in [2.24, 2.45) is 10.2 Å². The van der Waals surface area contributed by atoms with Gasteiger partial charge in [-0.3, -0.25) is 0 Å². The van der Waals surface area contributed by atoms with Crippen molar-refractivity contribution in [3.05, 3.63) is 53.4 Å². The molecule has 0 radical (unpaired) electrons. The highest BCUT2D eigenvalue weighted by atomic mass is 32.1. The van der Waals surface area contributed by atoms with Crippen molar-refractivity contribution in [2.75, 3.05) is 19.0 Å². The number of hydrogen-bond acceptors (Lipinski definition) is 8. The van der Waals surface area contributed by atoms with Gasteiger partial charge in [0.05, 0.1) is 11.3 Å². The van der Waals surface area contributed by atoms with Gasteiger partial charge in [0.25, 0.3) is 0 Å². The van der Waals surface area contributed by atoms with Crippen LogP contribution in [0.15, 0.2) is 58.1 Å². The number of hydrogen-bond donors (Lipinski definition) is 2. The van der Waals surface area contributed by atoms with E-state index in [1.54, 1.807) is 5.38 Å². The molecule has 26 heavy (non-hydrogen) atoms. The average molecular weight is 372 g/mol. The second kappa shape index (κ2) is 7.28. The quantitative estimate of drug-likeness (QED) is 0.665. The first-order valence-corrected chi connectivity index (χ1v) is 8.42. The number of rotatable bonds is 5. The zero-order valence-electron chi connectivity index (χ0n) is 14.0.